The molecule has 0 radical (unpaired) electrons. The molecule has 2 aliphatic rings. The summed E-state index contributed by atoms with van der Waals surface area (Å²) >= 11 is 0. The number of nitrogens with zero attached hydrogens (tertiary/aromatic N) is 2. The Balaban J connectivity index is 1.35. The van der Waals surface area contributed by atoms with Crippen LogP contribution in [0.5, 0.6) is 5.75 Å². The molecule has 0 aromatic heterocycles. The SMILES string of the molecule is COc1ccc(S(=O)(=O)N2CCOCC2)cc1CCC(=O)N[C@H](C)c1ccc(N2CCC(C)CC2)cc1. The first kappa shape index (κ1) is 27.4. The number of methoxy groups -OCH3 is 1. The predicted octanol–water partition coefficient (Wildman–Crippen LogP) is 3.76. The number of amides is 1. The molecule has 0 bridgehead atoms. The van der Waals surface area contributed by atoms with Gasteiger partial charge >= 0.3 is 0 Å². The van der Waals surface area contributed by atoms with E-state index >= 15 is 0 Å². The van der Waals surface area contributed by atoms with Crippen LogP contribution >= 0.6 is 0 Å². The quantitative estimate of drug-likeness (QED) is 0.532. The molecule has 2 aromatic rings. The fourth-order valence-electron chi connectivity index (χ4n) is 4.93. The molecule has 0 saturated carbocycles. The number of ether oxygens (including phenoxy) is 2. The molecule has 2 aliphatic heterocycles. The number of piperidine rings is 1. The van der Waals surface area contributed by atoms with E-state index in [4.69, 9.17) is 9.47 Å². The van der Waals surface area contributed by atoms with Crippen LogP contribution in [0.4, 0.5) is 5.69 Å². The largest absolute Gasteiger partial charge is 0.496 e. The van der Waals surface area contributed by atoms with Crippen LogP contribution in [0.25, 0.3) is 0 Å². The van der Waals surface area contributed by atoms with Gasteiger partial charge in [0.2, 0.25) is 15.9 Å². The van der Waals surface area contributed by atoms with Gasteiger partial charge in [0.25, 0.3) is 0 Å². The van der Waals surface area contributed by atoms with Crippen molar-refractivity contribution in [3.05, 3.63) is 53.6 Å². The first-order valence-electron chi connectivity index (χ1n) is 13.2. The molecular formula is C28H39N3O5S. The van der Waals surface area contributed by atoms with Crippen LogP contribution in [0.2, 0.25) is 0 Å². The van der Waals surface area contributed by atoms with Crippen LogP contribution in [-0.2, 0) is 26.0 Å². The molecule has 0 unspecified atom stereocenters. The number of benzene rings is 2. The minimum atomic E-state index is -3.62. The number of carbonyl (C=O) groups excluding carboxylic acids is 1. The maximum absolute atomic E-state index is 13.1. The molecule has 2 saturated heterocycles. The minimum absolute atomic E-state index is 0.0925. The lowest BCUT2D eigenvalue weighted by Gasteiger charge is -2.32. The Kier molecular flexibility index (Phi) is 9.10. The van der Waals surface area contributed by atoms with Gasteiger partial charge in [-0.15, -0.1) is 0 Å². The molecule has 37 heavy (non-hydrogen) atoms. The van der Waals surface area contributed by atoms with Crippen molar-refractivity contribution in [2.45, 2.75) is 50.5 Å². The van der Waals surface area contributed by atoms with Gasteiger partial charge in [0.1, 0.15) is 5.75 Å². The number of rotatable bonds is 9. The van der Waals surface area contributed by atoms with Gasteiger partial charge in [0, 0.05) is 38.3 Å². The van der Waals surface area contributed by atoms with E-state index in [1.165, 1.54) is 22.8 Å². The summed E-state index contributed by atoms with van der Waals surface area (Å²) in [5.74, 6) is 1.27. The molecule has 2 aromatic carbocycles. The third-order valence-corrected chi connectivity index (χ3v) is 9.30. The van der Waals surface area contributed by atoms with Crippen molar-refractivity contribution in [2.24, 2.45) is 5.92 Å². The second-order valence-electron chi connectivity index (χ2n) is 10.0. The molecule has 1 N–H and O–H groups in total. The van der Waals surface area contributed by atoms with Gasteiger partial charge in [-0.1, -0.05) is 19.1 Å². The van der Waals surface area contributed by atoms with Gasteiger partial charge in [0.15, 0.2) is 0 Å². The molecule has 9 heteroatoms. The lowest BCUT2D eigenvalue weighted by atomic mass is 9.98. The summed E-state index contributed by atoms with van der Waals surface area (Å²) in [6, 6.07) is 13.2. The Bertz CT molecular complexity index is 1150. The van der Waals surface area contributed by atoms with Gasteiger partial charge in [-0.05, 0) is 73.6 Å². The van der Waals surface area contributed by atoms with Gasteiger partial charge in [-0.3, -0.25) is 4.79 Å². The van der Waals surface area contributed by atoms with Crippen molar-refractivity contribution in [3.63, 3.8) is 0 Å². The fourth-order valence-corrected chi connectivity index (χ4v) is 6.39. The van der Waals surface area contributed by atoms with E-state index in [2.05, 4.69) is 41.4 Å². The minimum Gasteiger partial charge on any atom is -0.496 e. The van der Waals surface area contributed by atoms with Gasteiger partial charge in [-0.2, -0.15) is 4.31 Å². The molecule has 0 aliphatic carbocycles. The molecule has 4 rings (SSSR count). The number of hydrogen-bond acceptors (Lipinski definition) is 6. The second-order valence-corrected chi connectivity index (χ2v) is 12.0. The Morgan fingerprint density at radius 2 is 1.76 bits per heavy atom. The normalized spacial score (nSPS) is 18.4. The monoisotopic (exact) mass is 529 g/mol. The fraction of sp³-hybridized carbons (Fsp3) is 0.536. The highest BCUT2D eigenvalue weighted by Gasteiger charge is 2.27. The van der Waals surface area contributed by atoms with E-state index in [1.54, 1.807) is 25.3 Å². The number of carbonyl (C=O) groups is 1. The van der Waals surface area contributed by atoms with E-state index in [0.717, 1.165) is 24.6 Å². The average Bonchev–Trinajstić information content (AvgIpc) is 2.92. The number of sulfonamides is 1. The predicted molar refractivity (Wildman–Crippen MR) is 145 cm³/mol. The van der Waals surface area contributed by atoms with E-state index in [9.17, 15) is 13.2 Å². The topological polar surface area (TPSA) is 88.2 Å². The third-order valence-electron chi connectivity index (χ3n) is 7.40. The molecular weight excluding hydrogens is 490 g/mol. The molecule has 1 atom stereocenters. The summed E-state index contributed by atoms with van der Waals surface area (Å²) < 4.78 is 38.3. The van der Waals surface area contributed by atoms with E-state index in [0.29, 0.717) is 44.0 Å². The van der Waals surface area contributed by atoms with E-state index < -0.39 is 10.0 Å². The maximum Gasteiger partial charge on any atom is 0.243 e. The summed E-state index contributed by atoms with van der Waals surface area (Å²) in [6.45, 7) is 7.92. The third kappa shape index (κ3) is 6.83. The van der Waals surface area contributed by atoms with Gasteiger partial charge < -0.3 is 19.7 Å². The number of aryl methyl sites for hydroxylation is 1. The van der Waals surface area contributed by atoms with Crippen LogP contribution in [-0.4, -0.2) is 65.1 Å². The zero-order chi connectivity index (χ0) is 26.4. The van der Waals surface area contributed by atoms with Crippen LogP contribution in [0.1, 0.15) is 50.3 Å². The van der Waals surface area contributed by atoms with Crippen LogP contribution in [0.3, 0.4) is 0 Å². The Labute approximate surface area is 221 Å². The van der Waals surface area contributed by atoms with Crippen molar-refractivity contribution in [1.29, 1.82) is 0 Å². The van der Waals surface area contributed by atoms with Gasteiger partial charge in [0.05, 0.1) is 31.3 Å². The molecule has 0 spiro atoms. The maximum atomic E-state index is 13.1. The van der Waals surface area contributed by atoms with Crippen LogP contribution in [0.15, 0.2) is 47.4 Å². The van der Waals surface area contributed by atoms with Crippen LogP contribution in [0, 0.1) is 5.92 Å². The molecule has 202 valence electrons. The van der Waals surface area contributed by atoms with Crippen molar-refractivity contribution >= 4 is 21.6 Å². The summed E-state index contributed by atoms with van der Waals surface area (Å²) in [5, 5.41) is 3.07. The standard InChI is InChI=1S/C28H39N3O5S/c1-21-12-14-30(15-13-21)25-7-4-23(5-8-25)22(2)29-28(32)11-6-24-20-26(9-10-27(24)35-3)37(33,34)31-16-18-36-19-17-31/h4-5,7-10,20-22H,6,11-19H2,1-3H3,(H,29,32)/t22-/m1/s1. The summed E-state index contributed by atoms with van der Waals surface area (Å²) in [4.78, 5) is 15.4. The molecule has 8 nitrogen and oxygen atoms in total. The van der Waals surface area contributed by atoms with E-state index in [1.807, 2.05) is 6.92 Å². The summed E-state index contributed by atoms with van der Waals surface area (Å²) in [7, 11) is -2.08. The van der Waals surface area contributed by atoms with Gasteiger partial charge in [-0.25, -0.2) is 8.42 Å². The first-order valence-corrected chi connectivity index (χ1v) is 14.6. The zero-order valence-corrected chi connectivity index (χ0v) is 22.9. The highest BCUT2D eigenvalue weighted by atomic mass is 32.2. The highest BCUT2D eigenvalue weighted by Crippen LogP contribution is 2.27. The summed E-state index contributed by atoms with van der Waals surface area (Å²) in [6.07, 6.45) is 3.05. The Hall–Kier alpha value is -2.62. The lowest BCUT2D eigenvalue weighted by molar-refractivity contribution is -0.121. The van der Waals surface area contributed by atoms with Crippen molar-refractivity contribution in [2.75, 3.05) is 51.4 Å². The molecule has 1 amide bonds. The van der Waals surface area contributed by atoms with Crippen molar-refractivity contribution in [1.82, 2.24) is 9.62 Å². The number of nitrogens with one attached hydrogen (secondary N) is 1. The average molecular weight is 530 g/mol. The smallest absolute Gasteiger partial charge is 0.243 e. The number of anilines is 1. The summed E-state index contributed by atoms with van der Waals surface area (Å²) in [5.41, 5.74) is 2.98. The lowest BCUT2D eigenvalue weighted by Crippen LogP contribution is -2.40. The molecule has 2 heterocycles. The molecule has 2 fully saturated rings. The Morgan fingerprint density at radius 3 is 2.41 bits per heavy atom. The zero-order valence-electron chi connectivity index (χ0n) is 22.1. The van der Waals surface area contributed by atoms with Crippen LogP contribution < -0.4 is 15.0 Å². The number of hydrogen-bond donors (Lipinski definition) is 1. The number of morpholine rings is 1. The second kappa shape index (κ2) is 12.3. The van der Waals surface area contributed by atoms with Crippen molar-refractivity contribution in [3.8, 4) is 5.75 Å². The van der Waals surface area contributed by atoms with E-state index in [-0.39, 0.29) is 23.3 Å². The van der Waals surface area contributed by atoms with Crippen molar-refractivity contribution < 1.29 is 22.7 Å². The highest BCUT2D eigenvalue weighted by molar-refractivity contribution is 7.89. The Morgan fingerprint density at radius 1 is 1.08 bits per heavy atom. The first-order chi connectivity index (χ1) is 17.8.